The van der Waals surface area contributed by atoms with Crippen molar-refractivity contribution in [3.8, 4) is 0 Å². The predicted octanol–water partition coefficient (Wildman–Crippen LogP) is 1.33. The lowest BCUT2D eigenvalue weighted by Crippen LogP contribution is -2.29. The summed E-state index contributed by atoms with van der Waals surface area (Å²) in [6.07, 6.45) is 5.20. The van der Waals surface area contributed by atoms with Gasteiger partial charge in [-0.1, -0.05) is 0 Å². The molecule has 2 aliphatic rings. The average molecular weight is 275 g/mol. The van der Waals surface area contributed by atoms with Gasteiger partial charge in [-0.15, -0.1) is 0 Å². The monoisotopic (exact) mass is 275 g/mol. The number of nitrogens with zero attached hydrogens (tertiary/aromatic N) is 3. The van der Waals surface area contributed by atoms with Gasteiger partial charge in [0.1, 0.15) is 18.0 Å². The first-order chi connectivity index (χ1) is 9.70. The zero-order chi connectivity index (χ0) is 13.9. The first-order valence-electron chi connectivity index (χ1n) is 7.28. The molecule has 1 amide bonds. The van der Waals surface area contributed by atoms with E-state index < -0.39 is 0 Å². The third kappa shape index (κ3) is 3.37. The summed E-state index contributed by atoms with van der Waals surface area (Å²) < 4.78 is 0. The minimum atomic E-state index is 0.142. The molecule has 0 radical (unpaired) electrons. The van der Waals surface area contributed by atoms with E-state index in [1.54, 1.807) is 13.3 Å². The fourth-order valence-corrected chi connectivity index (χ4v) is 2.48. The molecule has 1 saturated carbocycles. The number of nitrogens with one attached hydrogen (secondary N) is 2. The number of rotatable bonds is 5. The Morgan fingerprint density at radius 2 is 2.15 bits per heavy atom. The van der Waals surface area contributed by atoms with Gasteiger partial charge in [-0.3, -0.25) is 4.79 Å². The van der Waals surface area contributed by atoms with E-state index in [-0.39, 0.29) is 11.9 Å². The SMILES string of the molecule is CC(=O)N1CCC(Nc2cc(NCC3CC3)ncn2)C1. The van der Waals surface area contributed by atoms with Crippen molar-refractivity contribution in [1.82, 2.24) is 14.9 Å². The van der Waals surface area contributed by atoms with Crippen molar-refractivity contribution >= 4 is 17.5 Å². The number of hydrogen-bond acceptors (Lipinski definition) is 5. The van der Waals surface area contributed by atoms with Crippen LogP contribution in [0.3, 0.4) is 0 Å². The molecule has 2 N–H and O–H groups in total. The molecular formula is C14H21N5O. The minimum absolute atomic E-state index is 0.142. The van der Waals surface area contributed by atoms with Gasteiger partial charge in [-0.25, -0.2) is 9.97 Å². The van der Waals surface area contributed by atoms with Crippen LogP contribution in [0.2, 0.25) is 0 Å². The number of carbonyl (C=O) groups is 1. The molecule has 2 fully saturated rings. The lowest BCUT2D eigenvalue weighted by Gasteiger charge is -2.15. The van der Waals surface area contributed by atoms with E-state index in [9.17, 15) is 4.79 Å². The Labute approximate surface area is 119 Å². The molecule has 3 rings (SSSR count). The first-order valence-corrected chi connectivity index (χ1v) is 7.28. The third-order valence-corrected chi connectivity index (χ3v) is 3.92. The maximum absolute atomic E-state index is 11.3. The van der Waals surface area contributed by atoms with E-state index in [2.05, 4.69) is 20.6 Å². The van der Waals surface area contributed by atoms with E-state index in [0.717, 1.165) is 43.6 Å². The molecule has 1 aromatic rings. The second-order valence-corrected chi connectivity index (χ2v) is 5.71. The van der Waals surface area contributed by atoms with Crippen LogP contribution in [0.4, 0.5) is 11.6 Å². The van der Waals surface area contributed by atoms with Crippen molar-refractivity contribution < 1.29 is 4.79 Å². The van der Waals surface area contributed by atoms with Gasteiger partial charge < -0.3 is 15.5 Å². The molecular weight excluding hydrogens is 254 g/mol. The van der Waals surface area contributed by atoms with Crippen LogP contribution in [-0.2, 0) is 4.79 Å². The van der Waals surface area contributed by atoms with E-state index >= 15 is 0 Å². The van der Waals surface area contributed by atoms with Crippen LogP contribution in [0.25, 0.3) is 0 Å². The molecule has 1 unspecified atom stereocenters. The molecule has 0 spiro atoms. The van der Waals surface area contributed by atoms with Gasteiger partial charge >= 0.3 is 0 Å². The second kappa shape index (κ2) is 5.64. The highest BCUT2D eigenvalue weighted by Gasteiger charge is 2.24. The molecule has 2 heterocycles. The molecule has 1 saturated heterocycles. The van der Waals surface area contributed by atoms with Crippen molar-refractivity contribution in [3.63, 3.8) is 0 Å². The molecule has 1 aliphatic heterocycles. The van der Waals surface area contributed by atoms with E-state index in [1.165, 1.54) is 12.8 Å². The first kappa shape index (κ1) is 13.1. The number of anilines is 2. The Hall–Kier alpha value is -1.85. The smallest absolute Gasteiger partial charge is 0.219 e. The van der Waals surface area contributed by atoms with Gasteiger partial charge in [0.05, 0.1) is 0 Å². The van der Waals surface area contributed by atoms with E-state index in [1.807, 2.05) is 11.0 Å². The van der Waals surface area contributed by atoms with Crippen molar-refractivity contribution in [2.45, 2.75) is 32.2 Å². The maximum atomic E-state index is 11.3. The molecule has 1 aliphatic carbocycles. The summed E-state index contributed by atoms with van der Waals surface area (Å²) in [5.41, 5.74) is 0. The van der Waals surface area contributed by atoms with Crippen LogP contribution in [0.5, 0.6) is 0 Å². The molecule has 20 heavy (non-hydrogen) atoms. The van der Waals surface area contributed by atoms with Crippen LogP contribution in [0, 0.1) is 5.92 Å². The molecule has 108 valence electrons. The Kier molecular flexibility index (Phi) is 3.71. The van der Waals surface area contributed by atoms with Crippen LogP contribution in [0.15, 0.2) is 12.4 Å². The standard InChI is InChI=1S/C14H21N5O/c1-10(20)19-5-4-12(8-19)18-14-6-13(16-9-17-14)15-7-11-2-3-11/h6,9,11-12H,2-5,7-8H2,1H3,(H2,15,16,17,18). The van der Waals surface area contributed by atoms with E-state index in [4.69, 9.17) is 0 Å². The molecule has 6 heteroatoms. The Morgan fingerprint density at radius 1 is 1.35 bits per heavy atom. The zero-order valence-corrected chi connectivity index (χ0v) is 11.8. The summed E-state index contributed by atoms with van der Waals surface area (Å²) in [5.74, 6) is 2.66. The predicted molar refractivity (Wildman–Crippen MR) is 77.5 cm³/mol. The van der Waals surface area contributed by atoms with Crippen LogP contribution >= 0.6 is 0 Å². The van der Waals surface area contributed by atoms with E-state index in [0.29, 0.717) is 0 Å². The number of aromatic nitrogens is 2. The summed E-state index contributed by atoms with van der Waals surface area (Å²) in [7, 11) is 0. The molecule has 1 atom stereocenters. The Bertz CT molecular complexity index is 488. The van der Waals surface area contributed by atoms with Crippen LogP contribution in [0.1, 0.15) is 26.2 Å². The van der Waals surface area contributed by atoms with Gasteiger partial charge in [0.2, 0.25) is 5.91 Å². The average Bonchev–Trinajstić information content (AvgIpc) is 3.15. The molecule has 0 aromatic carbocycles. The molecule has 0 bridgehead atoms. The maximum Gasteiger partial charge on any atom is 0.219 e. The van der Waals surface area contributed by atoms with Crippen molar-refractivity contribution in [1.29, 1.82) is 0 Å². The Balaban J connectivity index is 1.54. The van der Waals surface area contributed by atoms with Crippen LogP contribution < -0.4 is 10.6 Å². The summed E-state index contributed by atoms with van der Waals surface area (Å²) in [4.78, 5) is 21.7. The molecule has 1 aromatic heterocycles. The van der Waals surface area contributed by atoms with Gasteiger partial charge in [-0.05, 0) is 25.2 Å². The lowest BCUT2D eigenvalue weighted by molar-refractivity contribution is -0.127. The van der Waals surface area contributed by atoms with Gasteiger partial charge in [-0.2, -0.15) is 0 Å². The van der Waals surface area contributed by atoms with Crippen molar-refractivity contribution in [3.05, 3.63) is 12.4 Å². The highest BCUT2D eigenvalue weighted by atomic mass is 16.2. The minimum Gasteiger partial charge on any atom is -0.370 e. The number of carbonyl (C=O) groups excluding carboxylic acids is 1. The number of hydrogen-bond donors (Lipinski definition) is 2. The van der Waals surface area contributed by atoms with Crippen molar-refractivity contribution in [2.75, 3.05) is 30.3 Å². The number of amides is 1. The van der Waals surface area contributed by atoms with Gasteiger partial charge in [0, 0.05) is 38.7 Å². The lowest BCUT2D eigenvalue weighted by atomic mass is 10.2. The fourth-order valence-electron chi connectivity index (χ4n) is 2.48. The van der Waals surface area contributed by atoms with Crippen molar-refractivity contribution in [2.24, 2.45) is 5.92 Å². The van der Waals surface area contributed by atoms with Gasteiger partial charge in [0.15, 0.2) is 0 Å². The summed E-state index contributed by atoms with van der Waals surface area (Å²) in [6, 6.07) is 2.23. The normalized spacial score (nSPS) is 21.9. The highest BCUT2D eigenvalue weighted by molar-refractivity contribution is 5.73. The summed E-state index contributed by atoms with van der Waals surface area (Å²) in [6.45, 7) is 4.19. The molecule has 6 nitrogen and oxygen atoms in total. The van der Waals surface area contributed by atoms with Gasteiger partial charge in [0.25, 0.3) is 0 Å². The quantitative estimate of drug-likeness (QED) is 0.848. The summed E-state index contributed by atoms with van der Waals surface area (Å²) in [5, 5.41) is 6.73. The largest absolute Gasteiger partial charge is 0.370 e. The summed E-state index contributed by atoms with van der Waals surface area (Å²) >= 11 is 0. The topological polar surface area (TPSA) is 70.2 Å². The fraction of sp³-hybridized carbons (Fsp3) is 0.643. The van der Waals surface area contributed by atoms with Crippen LogP contribution in [-0.4, -0.2) is 46.5 Å². The zero-order valence-electron chi connectivity index (χ0n) is 11.8. The third-order valence-electron chi connectivity index (χ3n) is 3.92. The number of likely N-dealkylation sites (tertiary alicyclic amines) is 1. The highest BCUT2D eigenvalue weighted by Crippen LogP contribution is 2.28. The second-order valence-electron chi connectivity index (χ2n) is 5.71. The Morgan fingerprint density at radius 3 is 2.85 bits per heavy atom.